The van der Waals surface area contributed by atoms with E-state index in [1.54, 1.807) is 30.3 Å². The number of unbranched alkanes of at least 4 members (excludes halogenated alkanes) is 1. The Morgan fingerprint density at radius 2 is 1.58 bits per heavy atom. The van der Waals surface area contributed by atoms with Crippen LogP contribution in [0.15, 0.2) is 64.4 Å². The van der Waals surface area contributed by atoms with Gasteiger partial charge in [0, 0.05) is 0 Å². The van der Waals surface area contributed by atoms with Crippen molar-refractivity contribution in [3.8, 4) is 5.75 Å². The lowest BCUT2D eigenvalue weighted by Crippen LogP contribution is -2.15. The van der Waals surface area contributed by atoms with E-state index in [4.69, 9.17) is 9.47 Å². The second-order valence-electron chi connectivity index (χ2n) is 5.15. The van der Waals surface area contributed by atoms with E-state index in [0.29, 0.717) is 12.4 Å². The Bertz CT molecular complexity index is 752. The van der Waals surface area contributed by atoms with E-state index in [-0.39, 0.29) is 16.4 Å². The number of esters is 1. The third kappa shape index (κ3) is 4.83. The molecule has 0 heterocycles. The molecule has 0 saturated heterocycles. The normalized spacial score (nSPS) is 11.0. The standard InChI is InChI=1S/C18H20O5S/c1-2-3-13-22-18(19)14-23-15-9-11-17(12-10-15)24(20,21)16-7-5-4-6-8-16/h4-12H,2-3,13-14H2,1H3. The Morgan fingerprint density at radius 3 is 2.21 bits per heavy atom. The molecule has 2 aromatic carbocycles. The van der Waals surface area contributed by atoms with Crippen LogP contribution < -0.4 is 4.74 Å². The molecule has 0 unspecified atom stereocenters. The van der Waals surface area contributed by atoms with Gasteiger partial charge in [0.05, 0.1) is 16.4 Å². The number of ether oxygens (including phenoxy) is 2. The average Bonchev–Trinajstić information content (AvgIpc) is 2.61. The maximum absolute atomic E-state index is 12.4. The van der Waals surface area contributed by atoms with Gasteiger partial charge in [-0.3, -0.25) is 0 Å². The van der Waals surface area contributed by atoms with Gasteiger partial charge in [-0.15, -0.1) is 0 Å². The van der Waals surface area contributed by atoms with E-state index >= 15 is 0 Å². The lowest BCUT2D eigenvalue weighted by atomic mass is 10.3. The molecule has 0 spiro atoms. The Hall–Kier alpha value is -2.34. The second-order valence-corrected chi connectivity index (χ2v) is 7.10. The Morgan fingerprint density at radius 1 is 0.958 bits per heavy atom. The summed E-state index contributed by atoms with van der Waals surface area (Å²) in [5, 5.41) is 0. The molecule has 0 aliphatic heterocycles. The first-order valence-electron chi connectivity index (χ1n) is 7.72. The van der Waals surface area contributed by atoms with Crippen molar-refractivity contribution < 1.29 is 22.7 Å². The molecule has 0 fully saturated rings. The van der Waals surface area contributed by atoms with Gasteiger partial charge < -0.3 is 9.47 Å². The van der Waals surface area contributed by atoms with E-state index < -0.39 is 15.8 Å². The van der Waals surface area contributed by atoms with Crippen molar-refractivity contribution in [2.45, 2.75) is 29.6 Å². The van der Waals surface area contributed by atoms with E-state index in [0.717, 1.165) is 12.8 Å². The molecule has 128 valence electrons. The summed E-state index contributed by atoms with van der Waals surface area (Å²) >= 11 is 0. The first-order valence-corrected chi connectivity index (χ1v) is 9.21. The minimum atomic E-state index is -3.55. The lowest BCUT2D eigenvalue weighted by Gasteiger charge is -2.08. The summed E-state index contributed by atoms with van der Waals surface area (Å²) in [6.45, 7) is 2.19. The van der Waals surface area contributed by atoms with Crippen molar-refractivity contribution in [2.24, 2.45) is 0 Å². The molecule has 24 heavy (non-hydrogen) atoms. The van der Waals surface area contributed by atoms with Gasteiger partial charge in [0.1, 0.15) is 5.75 Å². The summed E-state index contributed by atoms with van der Waals surface area (Å²) in [5.41, 5.74) is 0. The number of carbonyl (C=O) groups is 1. The molecule has 0 saturated carbocycles. The lowest BCUT2D eigenvalue weighted by molar-refractivity contribution is -0.146. The summed E-state index contributed by atoms with van der Waals surface area (Å²) in [6, 6.07) is 14.2. The molecule has 0 radical (unpaired) electrons. The molecular weight excluding hydrogens is 328 g/mol. The molecule has 0 N–H and O–H groups in total. The first kappa shape index (κ1) is 18.0. The number of rotatable bonds is 8. The molecule has 6 heteroatoms. The quantitative estimate of drug-likeness (QED) is 0.541. The summed E-state index contributed by atoms with van der Waals surface area (Å²) in [4.78, 5) is 11.9. The zero-order chi connectivity index (χ0) is 17.4. The predicted octanol–water partition coefficient (Wildman–Crippen LogP) is 3.24. The van der Waals surface area contributed by atoms with E-state index in [2.05, 4.69) is 0 Å². The highest BCUT2D eigenvalue weighted by Crippen LogP contribution is 2.22. The second kappa shape index (κ2) is 8.49. The number of hydrogen-bond donors (Lipinski definition) is 0. The molecule has 0 aliphatic rings. The minimum Gasteiger partial charge on any atom is -0.482 e. The predicted molar refractivity (Wildman–Crippen MR) is 89.7 cm³/mol. The maximum atomic E-state index is 12.4. The van der Waals surface area contributed by atoms with E-state index in [1.807, 2.05) is 6.92 Å². The van der Waals surface area contributed by atoms with Crippen molar-refractivity contribution in [1.29, 1.82) is 0 Å². The molecule has 0 aromatic heterocycles. The highest BCUT2D eigenvalue weighted by molar-refractivity contribution is 7.91. The van der Waals surface area contributed by atoms with Gasteiger partial charge >= 0.3 is 5.97 Å². The average molecular weight is 348 g/mol. The van der Waals surface area contributed by atoms with E-state index in [9.17, 15) is 13.2 Å². The van der Waals surface area contributed by atoms with Crippen LogP contribution in [0.25, 0.3) is 0 Å². The molecule has 5 nitrogen and oxygen atoms in total. The van der Waals surface area contributed by atoms with Gasteiger partial charge in [-0.05, 0) is 42.8 Å². The molecule has 0 aliphatic carbocycles. The minimum absolute atomic E-state index is 0.173. The SMILES string of the molecule is CCCCOC(=O)COc1ccc(S(=O)(=O)c2ccccc2)cc1. The van der Waals surface area contributed by atoms with Crippen LogP contribution >= 0.6 is 0 Å². The van der Waals surface area contributed by atoms with Crippen molar-refractivity contribution in [2.75, 3.05) is 13.2 Å². The number of carbonyl (C=O) groups excluding carboxylic acids is 1. The summed E-state index contributed by atoms with van der Waals surface area (Å²) in [7, 11) is -3.55. The van der Waals surface area contributed by atoms with Crippen molar-refractivity contribution in [3.63, 3.8) is 0 Å². The van der Waals surface area contributed by atoms with Crippen LogP contribution in [0.5, 0.6) is 5.75 Å². The smallest absolute Gasteiger partial charge is 0.344 e. The van der Waals surface area contributed by atoms with Gasteiger partial charge in [0.2, 0.25) is 9.84 Å². The highest BCUT2D eigenvalue weighted by atomic mass is 32.2. The van der Waals surface area contributed by atoms with Gasteiger partial charge in [0.15, 0.2) is 6.61 Å². The fourth-order valence-corrected chi connectivity index (χ4v) is 3.25. The van der Waals surface area contributed by atoms with Crippen molar-refractivity contribution in [3.05, 3.63) is 54.6 Å². The van der Waals surface area contributed by atoms with Crippen LogP contribution in [0.1, 0.15) is 19.8 Å². The van der Waals surface area contributed by atoms with E-state index in [1.165, 1.54) is 24.3 Å². The third-order valence-electron chi connectivity index (χ3n) is 3.31. The van der Waals surface area contributed by atoms with Crippen molar-refractivity contribution in [1.82, 2.24) is 0 Å². The molecule has 0 bridgehead atoms. The Balaban J connectivity index is 1.97. The summed E-state index contributed by atoms with van der Waals surface area (Å²) in [5.74, 6) is -0.0288. The Labute approximate surface area is 142 Å². The zero-order valence-electron chi connectivity index (χ0n) is 13.5. The Kier molecular flexibility index (Phi) is 6.37. The number of benzene rings is 2. The van der Waals surface area contributed by atoms with Gasteiger partial charge in [0.25, 0.3) is 0 Å². The van der Waals surface area contributed by atoms with Crippen molar-refractivity contribution >= 4 is 15.8 Å². The maximum Gasteiger partial charge on any atom is 0.344 e. The van der Waals surface area contributed by atoms with Gasteiger partial charge in [-0.1, -0.05) is 31.5 Å². The summed E-state index contributed by atoms with van der Waals surface area (Å²) in [6.07, 6.45) is 1.77. The monoisotopic (exact) mass is 348 g/mol. The van der Waals surface area contributed by atoms with Crippen LogP contribution in [0.3, 0.4) is 0 Å². The fraction of sp³-hybridized carbons (Fsp3) is 0.278. The fourth-order valence-electron chi connectivity index (χ4n) is 1.97. The third-order valence-corrected chi connectivity index (χ3v) is 5.09. The van der Waals surface area contributed by atoms with Crippen LogP contribution in [-0.2, 0) is 19.4 Å². The van der Waals surface area contributed by atoms with Crippen LogP contribution in [0, 0.1) is 0 Å². The van der Waals surface area contributed by atoms with Gasteiger partial charge in [-0.2, -0.15) is 0 Å². The highest BCUT2D eigenvalue weighted by Gasteiger charge is 2.17. The largest absolute Gasteiger partial charge is 0.482 e. The molecule has 2 aromatic rings. The molecule has 2 rings (SSSR count). The van der Waals surface area contributed by atoms with Crippen LogP contribution in [0.4, 0.5) is 0 Å². The van der Waals surface area contributed by atoms with Crippen LogP contribution in [-0.4, -0.2) is 27.6 Å². The topological polar surface area (TPSA) is 69.7 Å². The number of hydrogen-bond acceptors (Lipinski definition) is 5. The zero-order valence-corrected chi connectivity index (χ0v) is 14.3. The molecule has 0 atom stereocenters. The van der Waals surface area contributed by atoms with Gasteiger partial charge in [-0.25, -0.2) is 13.2 Å². The molecular formula is C18H20O5S. The first-order chi connectivity index (χ1) is 11.5. The van der Waals surface area contributed by atoms with Crippen LogP contribution in [0.2, 0.25) is 0 Å². The summed E-state index contributed by atoms with van der Waals surface area (Å²) < 4.78 is 35.2. The number of sulfone groups is 1. The molecule has 0 amide bonds.